The van der Waals surface area contributed by atoms with Gasteiger partial charge in [-0.3, -0.25) is 0 Å². The molecule has 2 N–H and O–H groups in total. The van der Waals surface area contributed by atoms with E-state index in [9.17, 15) is 19.8 Å². The summed E-state index contributed by atoms with van der Waals surface area (Å²) >= 11 is 0. The van der Waals surface area contributed by atoms with E-state index < -0.39 is 24.4 Å². The minimum Gasteiger partial charge on any atom is -0.550 e. The molecule has 5 nitrogen and oxygen atoms in total. The van der Waals surface area contributed by atoms with E-state index in [2.05, 4.69) is 0 Å². The molecule has 0 heterocycles. The molecule has 1 unspecified atom stereocenters. The number of hydrogen-bond donors (Lipinski definition) is 1. The van der Waals surface area contributed by atoms with Gasteiger partial charge in [0.1, 0.15) is 0 Å². The molecule has 52 valence electrons. The Kier molecular flexibility index (Phi) is 7.95. The molecule has 0 aromatic rings. The molecule has 0 rings (SSSR count). The van der Waals surface area contributed by atoms with Crippen molar-refractivity contribution in [3.05, 3.63) is 0 Å². The molecule has 0 aromatic heterocycles. The summed E-state index contributed by atoms with van der Waals surface area (Å²) in [5.41, 5.74) is 4.73. The number of carbonyl (C=O) groups is 2. The van der Waals surface area contributed by atoms with Gasteiger partial charge in [-0.2, -0.15) is 0 Å². The molecule has 0 aliphatic rings. The molecule has 6 heteroatoms. The average Bonchev–Trinajstić information content (AvgIpc) is 1.63. The van der Waals surface area contributed by atoms with Crippen molar-refractivity contribution in [2.45, 2.75) is 12.5 Å². The van der Waals surface area contributed by atoms with Crippen LogP contribution in [0.25, 0.3) is 0 Å². The van der Waals surface area contributed by atoms with Gasteiger partial charge in [0.25, 0.3) is 0 Å². The molecule has 0 fully saturated rings. The van der Waals surface area contributed by atoms with Crippen molar-refractivity contribution in [3.8, 4) is 0 Å². The van der Waals surface area contributed by atoms with Crippen LogP contribution in [0.2, 0.25) is 0 Å². The Morgan fingerprint density at radius 2 is 1.80 bits per heavy atom. The molecule has 1 atom stereocenters. The number of aliphatic carboxylic acids is 2. The number of nitrogens with two attached hydrogens (primary N) is 1. The zero-order chi connectivity index (χ0) is 7.44. The van der Waals surface area contributed by atoms with Gasteiger partial charge in [-0.1, -0.05) is 0 Å². The molecular weight excluding hydrogens is 214 g/mol. The molecule has 0 spiro atoms. The predicted octanol–water partition coefficient (Wildman–Crippen LogP) is -4.18. The normalized spacial score (nSPS) is 11.3. The van der Waals surface area contributed by atoms with Crippen molar-refractivity contribution >= 4 is 57.4 Å². The van der Waals surface area contributed by atoms with E-state index >= 15 is 0 Å². The minimum atomic E-state index is -1.58. The van der Waals surface area contributed by atoms with Crippen molar-refractivity contribution in [3.63, 3.8) is 0 Å². The largest absolute Gasteiger partial charge is 2.00 e. The maximum Gasteiger partial charge on any atom is 2.00 e. The van der Waals surface area contributed by atoms with Crippen LogP contribution in [0.4, 0.5) is 0 Å². The third kappa shape index (κ3) is 6.50. The smallest absolute Gasteiger partial charge is 0.550 e. The third-order valence-corrected chi connectivity index (χ3v) is 0.689. The van der Waals surface area contributed by atoms with Gasteiger partial charge in [-0.25, -0.2) is 0 Å². The maximum absolute atomic E-state index is 9.71. The van der Waals surface area contributed by atoms with Crippen molar-refractivity contribution in [2.24, 2.45) is 5.73 Å². The zero-order valence-electron chi connectivity index (χ0n) is 5.20. The zero-order valence-corrected chi connectivity index (χ0v) is 8.68. The van der Waals surface area contributed by atoms with Gasteiger partial charge in [0.05, 0.1) is 5.97 Å². The molecule has 0 bridgehead atoms. The number of carbonyl (C=O) groups excluding carboxylic acids is 2. The first-order valence-electron chi connectivity index (χ1n) is 2.20. The van der Waals surface area contributed by atoms with Crippen LogP contribution in [0.15, 0.2) is 0 Å². The fraction of sp³-hybridized carbons (Fsp3) is 0.500. The molecule has 0 saturated carbocycles. The van der Waals surface area contributed by atoms with Gasteiger partial charge in [-0.05, 0) is 0 Å². The van der Waals surface area contributed by atoms with Crippen molar-refractivity contribution in [2.75, 3.05) is 0 Å². The summed E-state index contributed by atoms with van der Waals surface area (Å²) in [4.78, 5) is 19.3. The summed E-state index contributed by atoms with van der Waals surface area (Å²) in [6.45, 7) is 0. The fourth-order valence-corrected chi connectivity index (χ4v) is 0.263. The summed E-state index contributed by atoms with van der Waals surface area (Å²) in [5.74, 6) is -3.08. The van der Waals surface area contributed by atoms with E-state index in [1.54, 1.807) is 0 Å². The summed E-state index contributed by atoms with van der Waals surface area (Å²) in [7, 11) is 0. The quantitative estimate of drug-likeness (QED) is 0.484. The Morgan fingerprint density at radius 3 is 1.90 bits per heavy atom. The van der Waals surface area contributed by atoms with Gasteiger partial charge in [0.2, 0.25) is 0 Å². The van der Waals surface area contributed by atoms with E-state index in [1.165, 1.54) is 0 Å². The first-order valence-corrected chi connectivity index (χ1v) is 2.20. The van der Waals surface area contributed by atoms with Crippen LogP contribution in [-0.4, -0.2) is 63.5 Å². The summed E-state index contributed by atoms with van der Waals surface area (Å²) in [6.07, 6.45) is -0.706. The molecule has 0 saturated heterocycles. The van der Waals surface area contributed by atoms with Gasteiger partial charge < -0.3 is 25.5 Å². The van der Waals surface area contributed by atoms with E-state index in [0.717, 1.165) is 0 Å². The van der Waals surface area contributed by atoms with Gasteiger partial charge in [0.15, 0.2) is 0 Å². The van der Waals surface area contributed by atoms with Crippen molar-refractivity contribution < 1.29 is 19.8 Å². The predicted molar refractivity (Wildman–Crippen MR) is 28.4 cm³/mol. The second-order valence-electron chi connectivity index (χ2n) is 1.50. The van der Waals surface area contributed by atoms with Crippen LogP contribution in [0.5, 0.6) is 0 Å². The van der Waals surface area contributed by atoms with Crippen molar-refractivity contribution in [1.29, 1.82) is 0 Å². The number of carboxylic acid groups (broad SMARTS) is 2. The summed E-state index contributed by atoms with van der Waals surface area (Å²) in [6, 6.07) is -1.46. The van der Waals surface area contributed by atoms with Crippen molar-refractivity contribution in [1.82, 2.24) is 0 Å². The van der Waals surface area contributed by atoms with E-state index in [0.29, 0.717) is 0 Å². The standard InChI is InChI=1S/C4H7NO4.Sr/c5-2(4(8)9)1-3(6)7;/h2H,1,5H2,(H,6,7)(H,8,9);/q;+2/p-2. The summed E-state index contributed by atoms with van der Waals surface area (Å²) < 4.78 is 0. The second kappa shape index (κ2) is 6.11. The first-order chi connectivity index (χ1) is 4.04. The van der Waals surface area contributed by atoms with E-state index in [1.807, 2.05) is 0 Å². The van der Waals surface area contributed by atoms with Crippen LogP contribution in [0.1, 0.15) is 6.42 Å². The van der Waals surface area contributed by atoms with Crippen LogP contribution in [0.3, 0.4) is 0 Å². The molecule has 0 aromatic carbocycles. The Hall–Kier alpha value is 0.381. The van der Waals surface area contributed by atoms with E-state index in [4.69, 9.17) is 5.73 Å². The van der Waals surface area contributed by atoms with Crippen LogP contribution < -0.4 is 15.9 Å². The molecular formula is C4H5NO4Sr. The molecule has 10 heavy (non-hydrogen) atoms. The van der Waals surface area contributed by atoms with E-state index in [-0.39, 0.29) is 45.5 Å². The Balaban J connectivity index is 0. The maximum atomic E-state index is 9.71. The Labute approximate surface area is 94.5 Å². The monoisotopic (exact) mass is 219 g/mol. The average molecular weight is 219 g/mol. The molecule has 0 aliphatic heterocycles. The van der Waals surface area contributed by atoms with Gasteiger partial charge >= 0.3 is 45.5 Å². The first kappa shape index (κ1) is 13.0. The number of rotatable bonds is 3. The fourth-order valence-electron chi connectivity index (χ4n) is 0.263. The van der Waals surface area contributed by atoms with Crippen LogP contribution in [-0.2, 0) is 9.59 Å². The molecule has 0 aliphatic carbocycles. The minimum absolute atomic E-state index is 0. The summed E-state index contributed by atoms with van der Waals surface area (Å²) in [5, 5.41) is 19.3. The number of hydrogen-bond acceptors (Lipinski definition) is 5. The van der Waals surface area contributed by atoms with Crippen LogP contribution in [0, 0.1) is 0 Å². The SMILES string of the molecule is NC(CC(=O)[O-])C(=O)[O-].[Sr+2]. The van der Waals surface area contributed by atoms with Crippen LogP contribution >= 0.6 is 0 Å². The second-order valence-corrected chi connectivity index (χ2v) is 1.50. The molecule has 0 amide bonds. The Morgan fingerprint density at radius 1 is 1.40 bits per heavy atom. The topological polar surface area (TPSA) is 106 Å². The number of carboxylic acids is 2. The van der Waals surface area contributed by atoms with Gasteiger partial charge in [-0.15, -0.1) is 0 Å². The Bertz CT molecular complexity index is 137. The van der Waals surface area contributed by atoms with Gasteiger partial charge in [0, 0.05) is 18.4 Å². The third-order valence-electron chi connectivity index (χ3n) is 0.689. The molecule has 0 radical (unpaired) electrons.